The summed E-state index contributed by atoms with van der Waals surface area (Å²) < 4.78 is 35.4. The Morgan fingerprint density at radius 2 is 1.96 bits per heavy atom. The van der Waals surface area contributed by atoms with Crippen LogP contribution in [0.15, 0.2) is 0 Å². The van der Waals surface area contributed by atoms with Crippen molar-refractivity contribution in [2.75, 3.05) is 19.6 Å². The molecule has 0 aromatic rings. The first-order valence-corrected chi connectivity index (χ1v) is 9.93. The summed E-state index contributed by atoms with van der Waals surface area (Å²) in [5.41, 5.74) is 4.05. The third-order valence-electron chi connectivity index (χ3n) is 5.30. The SMILES string of the molecule is CC1(C)C[C@@H](C(=O)NNC(=O)C2CCNC2)N2C[C@@H]1N(OS(=O)(=O)O)C2=O. The van der Waals surface area contributed by atoms with Crippen LogP contribution in [0.5, 0.6) is 0 Å². The number of nitrogens with zero attached hydrogens (tertiary/aromatic N) is 2. The van der Waals surface area contributed by atoms with Crippen molar-refractivity contribution in [3.63, 3.8) is 0 Å². The summed E-state index contributed by atoms with van der Waals surface area (Å²) in [5.74, 6) is -1.13. The Kier molecular flexibility index (Phi) is 5.05. The standard InChI is InChI=1S/C14H23N5O7S/c1-14(2)5-9(12(21)17-16-11(20)8-3-4-15-6-8)18-7-10(14)19(13(18)22)26-27(23,24)25/h8-10,15H,3-7H2,1-2H3,(H,16,20)(H,17,21)(H,23,24,25)/t8?,9-,10-/m0/s1. The van der Waals surface area contributed by atoms with Crippen molar-refractivity contribution in [1.82, 2.24) is 26.1 Å². The molecule has 3 fully saturated rings. The van der Waals surface area contributed by atoms with Crippen molar-refractivity contribution in [1.29, 1.82) is 0 Å². The molecule has 0 aliphatic carbocycles. The maximum atomic E-state index is 12.6. The van der Waals surface area contributed by atoms with E-state index in [0.717, 1.165) is 6.54 Å². The zero-order valence-electron chi connectivity index (χ0n) is 15.0. The third kappa shape index (κ3) is 4.00. The molecule has 2 bridgehead atoms. The number of carbonyl (C=O) groups excluding carboxylic acids is 3. The topological polar surface area (TPSA) is 157 Å². The van der Waals surface area contributed by atoms with Gasteiger partial charge in [-0.1, -0.05) is 13.8 Å². The van der Waals surface area contributed by atoms with Gasteiger partial charge in [0.15, 0.2) is 0 Å². The van der Waals surface area contributed by atoms with Crippen molar-refractivity contribution < 1.29 is 31.6 Å². The Labute approximate surface area is 156 Å². The van der Waals surface area contributed by atoms with E-state index in [1.807, 2.05) is 0 Å². The van der Waals surface area contributed by atoms with Gasteiger partial charge in [0.05, 0.1) is 12.0 Å². The van der Waals surface area contributed by atoms with E-state index in [9.17, 15) is 22.8 Å². The highest BCUT2D eigenvalue weighted by Gasteiger charge is 2.56. The number of hydrazine groups is 1. The van der Waals surface area contributed by atoms with Gasteiger partial charge in [0.2, 0.25) is 5.91 Å². The molecule has 3 saturated heterocycles. The number of fused-ring (bicyclic) bond motifs is 2. The number of hydrogen-bond donors (Lipinski definition) is 4. The Balaban J connectivity index is 1.69. The lowest BCUT2D eigenvalue weighted by atomic mass is 9.76. The molecule has 0 spiro atoms. The molecule has 1 unspecified atom stereocenters. The smallest absolute Gasteiger partial charge is 0.316 e. The quantitative estimate of drug-likeness (QED) is 0.321. The van der Waals surface area contributed by atoms with Gasteiger partial charge < -0.3 is 10.2 Å². The lowest BCUT2D eigenvalue weighted by Gasteiger charge is -2.40. The Morgan fingerprint density at radius 1 is 1.30 bits per heavy atom. The number of hydroxylamine groups is 2. The summed E-state index contributed by atoms with van der Waals surface area (Å²) in [6.07, 6.45) is 0.897. The minimum absolute atomic E-state index is 0.0555. The van der Waals surface area contributed by atoms with Gasteiger partial charge in [-0.2, -0.15) is 13.5 Å². The summed E-state index contributed by atoms with van der Waals surface area (Å²) >= 11 is 0. The van der Waals surface area contributed by atoms with Crippen LogP contribution in [0.25, 0.3) is 0 Å². The van der Waals surface area contributed by atoms with Crippen LogP contribution >= 0.6 is 0 Å². The Morgan fingerprint density at radius 3 is 2.56 bits per heavy atom. The Hall–Kier alpha value is -1.96. The number of carbonyl (C=O) groups is 3. The van der Waals surface area contributed by atoms with Crippen LogP contribution in [-0.2, 0) is 24.3 Å². The molecule has 3 heterocycles. The van der Waals surface area contributed by atoms with E-state index < -0.39 is 39.8 Å². The van der Waals surface area contributed by atoms with Gasteiger partial charge in [0, 0.05) is 13.1 Å². The lowest BCUT2D eigenvalue weighted by molar-refractivity contribution is -0.134. The van der Waals surface area contributed by atoms with Gasteiger partial charge >= 0.3 is 16.4 Å². The van der Waals surface area contributed by atoms with E-state index in [0.29, 0.717) is 18.0 Å². The molecule has 0 aromatic heterocycles. The molecule has 152 valence electrons. The van der Waals surface area contributed by atoms with Crippen molar-refractivity contribution in [3.05, 3.63) is 0 Å². The average Bonchev–Trinajstić information content (AvgIpc) is 3.18. The molecular formula is C14H23N5O7S. The van der Waals surface area contributed by atoms with E-state index in [4.69, 9.17) is 4.55 Å². The van der Waals surface area contributed by atoms with Crippen LogP contribution in [0.3, 0.4) is 0 Å². The van der Waals surface area contributed by atoms with Gasteiger partial charge in [-0.15, -0.1) is 4.28 Å². The first kappa shape index (κ1) is 19.8. The normalized spacial score (nSPS) is 29.7. The number of nitrogens with one attached hydrogen (secondary N) is 3. The van der Waals surface area contributed by atoms with Crippen LogP contribution in [0, 0.1) is 11.3 Å². The zero-order chi connectivity index (χ0) is 20.0. The fourth-order valence-corrected chi connectivity index (χ4v) is 4.15. The van der Waals surface area contributed by atoms with Crippen LogP contribution in [0.4, 0.5) is 4.79 Å². The molecule has 4 N–H and O–H groups in total. The summed E-state index contributed by atoms with van der Waals surface area (Å²) in [7, 11) is -4.88. The first-order chi connectivity index (χ1) is 12.5. The zero-order valence-corrected chi connectivity index (χ0v) is 15.8. The second-order valence-corrected chi connectivity index (χ2v) is 8.66. The van der Waals surface area contributed by atoms with E-state index >= 15 is 0 Å². The molecule has 3 rings (SSSR count). The number of hydrogen-bond acceptors (Lipinski definition) is 7. The number of piperidine rings is 1. The lowest BCUT2D eigenvalue weighted by Crippen LogP contribution is -2.57. The molecule has 4 amide bonds. The van der Waals surface area contributed by atoms with E-state index in [2.05, 4.69) is 20.5 Å². The predicted molar refractivity (Wildman–Crippen MR) is 89.8 cm³/mol. The summed E-state index contributed by atoms with van der Waals surface area (Å²) in [6.45, 7) is 4.84. The number of urea groups is 1. The molecule has 3 aliphatic rings. The fourth-order valence-electron chi connectivity index (χ4n) is 3.77. The molecule has 0 aromatic carbocycles. The van der Waals surface area contributed by atoms with Gasteiger partial charge in [0.25, 0.3) is 5.91 Å². The number of amides is 4. The minimum Gasteiger partial charge on any atom is -0.316 e. The summed E-state index contributed by atoms with van der Waals surface area (Å²) in [5, 5.41) is 3.64. The minimum atomic E-state index is -4.88. The van der Waals surface area contributed by atoms with Gasteiger partial charge in [0.1, 0.15) is 6.04 Å². The fraction of sp³-hybridized carbons (Fsp3) is 0.786. The second kappa shape index (κ2) is 6.89. The highest BCUT2D eigenvalue weighted by atomic mass is 32.3. The molecule has 3 aliphatic heterocycles. The van der Waals surface area contributed by atoms with E-state index in [1.165, 1.54) is 4.90 Å². The van der Waals surface area contributed by atoms with Gasteiger partial charge in [-0.25, -0.2) is 4.79 Å². The van der Waals surface area contributed by atoms with Crippen LogP contribution in [0.1, 0.15) is 26.7 Å². The molecule has 3 atom stereocenters. The number of rotatable bonds is 4. The highest BCUT2D eigenvalue weighted by Crippen LogP contribution is 2.42. The first-order valence-electron chi connectivity index (χ1n) is 8.57. The van der Waals surface area contributed by atoms with E-state index in [-0.39, 0.29) is 24.8 Å². The summed E-state index contributed by atoms with van der Waals surface area (Å²) in [6, 6.07) is -2.41. The van der Waals surface area contributed by atoms with Crippen LogP contribution in [0.2, 0.25) is 0 Å². The van der Waals surface area contributed by atoms with Crippen molar-refractivity contribution in [2.45, 2.75) is 38.8 Å². The highest BCUT2D eigenvalue weighted by molar-refractivity contribution is 7.80. The van der Waals surface area contributed by atoms with E-state index in [1.54, 1.807) is 13.8 Å². The van der Waals surface area contributed by atoms with Crippen molar-refractivity contribution in [2.24, 2.45) is 11.3 Å². The molecule has 13 heteroatoms. The monoisotopic (exact) mass is 405 g/mol. The molecule has 12 nitrogen and oxygen atoms in total. The predicted octanol–water partition coefficient (Wildman–Crippen LogP) is -1.62. The molecule has 0 radical (unpaired) electrons. The molecular weight excluding hydrogens is 382 g/mol. The Bertz CT molecular complexity index is 749. The van der Waals surface area contributed by atoms with Gasteiger partial charge in [-0.3, -0.25) is 25.0 Å². The van der Waals surface area contributed by atoms with Crippen molar-refractivity contribution in [3.8, 4) is 0 Å². The maximum Gasteiger partial charge on any atom is 0.418 e. The van der Waals surface area contributed by atoms with Crippen LogP contribution < -0.4 is 16.2 Å². The largest absolute Gasteiger partial charge is 0.418 e. The van der Waals surface area contributed by atoms with Crippen molar-refractivity contribution >= 4 is 28.2 Å². The second-order valence-electron chi connectivity index (χ2n) is 7.66. The van der Waals surface area contributed by atoms with Gasteiger partial charge in [-0.05, 0) is 24.8 Å². The average molecular weight is 405 g/mol. The third-order valence-corrected chi connectivity index (χ3v) is 5.65. The summed E-state index contributed by atoms with van der Waals surface area (Å²) in [4.78, 5) is 38.2. The molecule has 27 heavy (non-hydrogen) atoms. The van der Waals surface area contributed by atoms with Crippen LogP contribution in [-0.4, -0.2) is 72.5 Å². The maximum absolute atomic E-state index is 12.6. The molecule has 0 saturated carbocycles.